The highest BCUT2D eigenvalue weighted by molar-refractivity contribution is 5.38. The quantitative estimate of drug-likeness (QED) is 0.842. The molecular formula is C14H13F6N5. The standard InChI is InChI=1S/C14H13F6N5/c15-13(16,17)7-25-6-8-2-1-3-9(12(8)24-25)21-11-5-4-10(22-23-11)14(18,19)20/h4-6,9H,1-3,7H2,(H,21,23)/t9-/m1/s1. The number of anilines is 1. The van der Waals surface area contributed by atoms with Crippen molar-refractivity contribution in [3.05, 3.63) is 35.3 Å². The van der Waals surface area contributed by atoms with Gasteiger partial charge < -0.3 is 5.32 Å². The second-order valence-electron chi connectivity index (χ2n) is 5.74. The topological polar surface area (TPSA) is 55.6 Å². The van der Waals surface area contributed by atoms with Crippen LogP contribution in [0.15, 0.2) is 18.3 Å². The molecule has 1 N–H and O–H groups in total. The van der Waals surface area contributed by atoms with E-state index in [1.54, 1.807) is 0 Å². The van der Waals surface area contributed by atoms with Gasteiger partial charge in [0.2, 0.25) is 0 Å². The number of rotatable bonds is 3. The largest absolute Gasteiger partial charge is 0.435 e. The fourth-order valence-electron chi connectivity index (χ4n) is 2.74. The lowest BCUT2D eigenvalue weighted by atomic mass is 9.94. The molecule has 0 saturated heterocycles. The summed E-state index contributed by atoms with van der Waals surface area (Å²) in [5.41, 5.74) is 0.0295. The van der Waals surface area contributed by atoms with Crippen molar-refractivity contribution in [1.29, 1.82) is 0 Å². The van der Waals surface area contributed by atoms with Gasteiger partial charge in [-0.3, -0.25) is 4.68 Å². The van der Waals surface area contributed by atoms with Gasteiger partial charge in [0.15, 0.2) is 5.69 Å². The first-order valence-electron chi connectivity index (χ1n) is 7.42. The fourth-order valence-corrected chi connectivity index (χ4v) is 2.74. The van der Waals surface area contributed by atoms with E-state index in [4.69, 9.17) is 0 Å². The third kappa shape index (κ3) is 4.20. The summed E-state index contributed by atoms with van der Waals surface area (Å²) in [4.78, 5) is 0. The summed E-state index contributed by atoms with van der Waals surface area (Å²) in [6, 6.07) is 1.50. The number of hydrogen-bond donors (Lipinski definition) is 1. The molecule has 1 aliphatic rings. The summed E-state index contributed by atoms with van der Waals surface area (Å²) in [7, 11) is 0. The Morgan fingerprint density at radius 2 is 1.88 bits per heavy atom. The van der Waals surface area contributed by atoms with Gasteiger partial charge in [0, 0.05) is 6.20 Å². The van der Waals surface area contributed by atoms with E-state index in [9.17, 15) is 26.3 Å². The lowest BCUT2D eigenvalue weighted by Gasteiger charge is -2.22. The molecule has 0 saturated carbocycles. The zero-order valence-corrected chi connectivity index (χ0v) is 12.7. The molecule has 0 aliphatic heterocycles. The number of halogens is 6. The maximum Gasteiger partial charge on any atom is 0.435 e. The number of aryl methyl sites for hydroxylation is 1. The van der Waals surface area contributed by atoms with Gasteiger partial charge >= 0.3 is 12.4 Å². The van der Waals surface area contributed by atoms with E-state index in [0.29, 0.717) is 24.1 Å². The SMILES string of the molecule is FC(F)(F)Cn1cc2c(n1)[C@H](Nc1ccc(C(F)(F)F)nn1)CCC2. The zero-order valence-electron chi connectivity index (χ0n) is 12.7. The number of nitrogens with one attached hydrogen (secondary N) is 1. The molecule has 0 amide bonds. The summed E-state index contributed by atoms with van der Waals surface area (Å²) in [6.07, 6.45) is -5.70. The molecule has 2 aromatic heterocycles. The van der Waals surface area contributed by atoms with Crippen LogP contribution in [0, 0.1) is 0 Å². The van der Waals surface area contributed by atoms with Crippen LogP contribution < -0.4 is 5.32 Å². The Bertz CT molecular complexity index is 734. The van der Waals surface area contributed by atoms with Crippen LogP contribution in [0.5, 0.6) is 0 Å². The summed E-state index contributed by atoms with van der Waals surface area (Å²) in [5.74, 6) is 0.108. The van der Waals surface area contributed by atoms with E-state index in [1.807, 2.05) is 0 Å². The smallest absolute Gasteiger partial charge is 0.360 e. The first-order chi connectivity index (χ1) is 11.6. The van der Waals surface area contributed by atoms with Crippen molar-refractivity contribution in [2.24, 2.45) is 0 Å². The van der Waals surface area contributed by atoms with Crippen LogP contribution in [0.3, 0.4) is 0 Å². The van der Waals surface area contributed by atoms with E-state index >= 15 is 0 Å². The average molecular weight is 365 g/mol. The van der Waals surface area contributed by atoms with Gasteiger partial charge in [-0.15, -0.1) is 10.2 Å². The molecule has 136 valence electrons. The summed E-state index contributed by atoms with van der Waals surface area (Å²) >= 11 is 0. The Morgan fingerprint density at radius 1 is 1.12 bits per heavy atom. The maximum atomic E-state index is 12.5. The van der Waals surface area contributed by atoms with Crippen LogP contribution in [0.25, 0.3) is 0 Å². The minimum Gasteiger partial charge on any atom is -0.360 e. The molecule has 0 unspecified atom stereocenters. The van der Waals surface area contributed by atoms with E-state index < -0.39 is 30.6 Å². The molecule has 11 heteroatoms. The van der Waals surface area contributed by atoms with Gasteiger partial charge in [-0.25, -0.2) is 0 Å². The molecule has 3 rings (SSSR count). The predicted octanol–water partition coefficient (Wildman–Crippen LogP) is 3.74. The molecule has 5 nitrogen and oxygen atoms in total. The molecule has 0 spiro atoms. The van der Waals surface area contributed by atoms with Crippen molar-refractivity contribution >= 4 is 5.82 Å². The fraction of sp³-hybridized carbons (Fsp3) is 0.500. The van der Waals surface area contributed by atoms with Crippen molar-refractivity contribution in [3.63, 3.8) is 0 Å². The lowest BCUT2D eigenvalue weighted by molar-refractivity contribution is -0.143. The zero-order chi connectivity index (χ0) is 18.2. The van der Waals surface area contributed by atoms with Crippen LogP contribution in [0.4, 0.5) is 32.2 Å². The Morgan fingerprint density at radius 3 is 2.48 bits per heavy atom. The van der Waals surface area contributed by atoms with Crippen molar-refractivity contribution in [1.82, 2.24) is 20.0 Å². The van der Waals surface area contributed by atoms with E-state index in [2.05, 4.69) is 20.6 Å². The highest BCUT2D eigenvalue weighted by Gasteiger charge is 2.33. The Kier molecular flexibility index (Phi) is 4.33. The molecular weight excluding hydrogens is 352 g/mol. The molecule has 1 aliphatic carbocycles. The second-order valence-corrected chi connectivity index (χ2v) is 5.74. The molecule has 2 heterocycles. The third-order valence-corrected chi connectivity index (χ3v) is 3.76. The molecule has 0 bridgehead atoms. The first-order valence-corrected chi connectivity index (χ1v) is 7.42. The molecule has 0 aromatic carbocycles. The molecule has 0 fully saturated rings. The monoisotopic (exact) mass is 365 g/mol. The molecule has 1 atom stereocenters. The highest BCUT2D eigenvalue weighted by atomic mass is 19.4. The minimum absolute atomic E-state index is 0.108. The van der Waals surface area contributed by atoms with Crippen LogP contribution >= 0.6 is 0 Å². The average Bonchev–Trinajstić information content (AvgIpc) is 2.88. The summed E-state index contributed by atoms with van der Waals surface area (Å²) in [6.45, 7) is -1.19. The van der Waals surface area contributed by atoms with E-state index in [0.717, 1.165) is 23.2 Å². The van der Waals surface area contributed by atoms with Crippen molar-refractivity contribution in [2.75, 3.05) is 5.32 Å². The van der Waals surface area contributed by atoms with Gasteiger partial charge in [-0.1, -0.05) is 0 Å². The third-order valence-electron chi connectivity index (χ3n) is 3.76. The number of nitrogens with zero attached hydrogens (tertiary/aromatic N) is 4. The van der Waals surface area contributed by atoms with Crippen molar-refractivity contribution in [2.45, 2.75) is 44.2 Å². The van der Waals surface area contributed by atoms with Gasteiger partial charge in [-0.05, 0) is 37.0 Å². The van der Waals surface area contributed by atoms with Gasteiger partial charge in [0.1, 0.15) is 12.4 Å². The number of fused-ring (bicyclic) bond motifs is 1. The second kappa shape index (κ2) is 6.19. The minimum atomic E-state index is -4.58. The van der Waals surface area contributed by atoms with Crippen LogP contribution in [-0.4, -0.2) is 26.2 Å². The Balaban J connectivity index is 1.77. The lowest BCUT2D eigenvalue weighted by Crippen LogP contribution is -2.20. The molecule has 0 radical (unpaired) electrons. The maximum absolute atomic E-state index is 12.5. The first kappa shape index (κ1) is 17.5. The van der Waals surface area contributed by atoms with Gasteiger partial charge in [0.05, 0.1) is 11.7 Å². The number of hydrogen-bond acceptors (Lipinski definition) is 4. The normalized spacial score (nSPS) is 18.1. The number of aromatic nitrogens is 4. The van der Waals surface area contributed by atoms with Gasteiger partial charge in [0.25, 0.3) is 0 Å². The van der Waals surface area contributed by atoms with Gasteiger partial charge in [-0.2, -0.15) is 31.4 Å². The van der Waals surface area contributed by atoms with Crippen LogP contribution in [0.2, 0.25) is 0 Å². The van der Waals surface area contributed by atoms with Crippen molar-refractivity contribution in [3.8, 4) is 0 Å². The summed E-state index contributed by atoms with van der Waals surface area (Å²) < 4.78 is 75.8. The Labute approximate surface area is 138 Å². The highest BCUT2D eigenvalue weighted by Crippen LogP contribution is 2.32. The molecule has 2 aromatic rings. The van der Waals surface area contributed by atoms with Crippen molar-refractivity contribution < 1.29 is 26.3 Å². The Hall–Kier alpha value is -2.33. The van der Waals surface area contributed by atoms with Crippen LogP contribution in [0.1, 0.15) is 35.8 Å². The van der Waals surface area contributed by atoms with E-state index in [-0.39, 0.29) is 5.82 Å². The predicted molar refractivity (Wildman–Crippen MR) is 74.6 cm³/mol. The molecule has 25 heavy (non-hydrogen) atoms. The summed E-state index contributed by atoms with van der Waals surface area (Å²) in [5, 5.41) is 13.5. The number of alkyl halides is 6. The van der Waals surface area contributed by atoms with Crippen LogP contribution in [-0.2, 0) is 19.1 Å². The van der Waals surface area contributed by atoms with E-state index in [1.165, 1.54) is 6.20 Å².